The molecule has 0 saturated carbocycles. The van der Waals surface area contributed by atoms with E-state index in [9.17, 15) is 26.4 Å². The van der Waals surface area contributed by atoms with Gasteiger partial charge in [-0.05, 0) is 60.1 Å². The number of carbonyl (C=O) groups excluding carboxylic acids is 1. The van der Waals surface area contributed by atoms with Gasteiger partial charge in [0.2, 0.25) is 0 Å². The van der Waals surface area contributed by atoms with Gasteiger partial charge in [-0.3, -0.25) is 4.79 Å². The van der Waals surface area contributed by atoms with Gasteiger partial charge in [-0.2, -0.15) is 13.2 Å². The molecule has 2 aromatic carbocycles. The minimum absolute atomic E-state index is 0.160. The van der Waals surface area contributed by atoms with Crippen LogP contribution < -0.4 is 4.74 Å². The Morgan fingerprint density at radius 1 is 1.11 bits per heavy atom. The zero-order valence-corrected chi connectivity index (χ0v) is 20.4. The average molecular weight is 512 g/mol. The summed E-state index contributed by atoms with van der Waals surface area (Å²) >= 11 is 0. The molecule has 1 unspecified atom stereocenters. The fraction of sp³-hybridized carbons (Fsp3) is 0.480. The van der Waals surface area contributed by atoms with Crippen LogP contribution in [-0.2, 0) is 27.7 Å². The molecule has 1 atom stereocenters. The van der Waals surface area contributed by atoms with E-state index in [0.29, 0.717) is 19.1 Å². The molecule has 1 fully saturated rings. The van der Waals surface area contributed by atoms with Crippen LogP contribution in [0, 0.1) is 0 Å². The van der Waals surface area contributed by atoms with Gasteiger partial charge < -0.3 is 14.4 Å². The average Bonchev–Trinajstić information content (AvgIpc) is 3.24. The lowest BCUT2D eigenvalue weighted by Crippen LogP contribution is -2.34. The summed E-state index contributed by atoms with van der Waals surface area (Å²) in [4.78, 5) is 14.8. The normalized spacial score (nSPS) is 17.8. The number of hydrogen-bond acceptors (Lipinski definition) is 5. The summed E-state index contributed by atoms with van der Waals surface area (Å²) in [6, 6.07) is 9.51. The molecule has 10 heteroatoms. The van der Waals surface area contributed by atoms with Crippen LogP contribution in [-0.4, -0.2) is 51.0 Å². The Labute approximate surface area is 202 Å². The molecule has 0 aromatic heterocycles. The summed E-state index contributed by atoms with van der Waals surface area (Å²) in [5, 5.41) is 0. The molecule has 6 nitrogen and oxygen atoms in total. The molecule has 190 valence electrons. The summed E-state index contributed by atoms with van der Waals surface area (Å²) in [6.07, 6.45) is -4.26. The Hall–Kier alpha value is -2.59. The van der Waals surface area contributed by atoms with Crippen LogP contribution in [0.4, 0.5) is 13.2 Å². The fourth-order valence-electron chi connectivity index (χ4n) is 4.56. The predicted octanol–water partition coefficient (Wildman–Crippen LogP) is 4.86. The smallest absolute Gasteiger partial charge is 0.425 e. The monoisotopic (exact) mass is 511 g/mol. The number of fused-ring (bicyclic) bond motifs is 1. The maximum absolute atomic E-state index is 13.5. The van der Waals surface area contributed by atoms with Gasteiger partial charge in [0, 0.05) is 32.6 Å². The number of benzene rings is 2. The fourth-order valence-corrected chi connectivity index (χ4v) is 5.20. The minimum Gasteiger partial charge on any atom is -0.480 e. The third-order valence-electron chi connectivity index (χ3n) is 6.55. The zero-order chi connectivity index (χ0) is 25.4. The second kappa shape index (κ2) is 9.81. The molecule has 2 heterocycles. The van der Waals surface area contributed by atoms with E-state index in [-0.39, 0.29) is 35.7 Å². The maximum atomic E-state index is 13.5. The Morgan fingerprint density at radius 2 is 1.80 bits per heavy atom. The van der Waals surface area contributed by atoms with E-state index in [1.165, 1.54) is 17.4 Å². The van der Waals surface area contributed by atoms with Crippen molar-refractivity contribution < 1.29 is 35.9 Å². The van der Waals surface area contributed by atoms with Crippen molar-refractivity contribution in [3.63, 3.8) is 0 Å². The number of hydrogen-bond donors (Lipinski definition) is 0. The third kappa shape index (κ3) is 5.64. The molecule has 4 rings (SSSR count). The Morgan fingerprint density at radius 3 is 2.43 bits per heavy atom. The quantitative estimate of drug-likeness (QED) is 0.554. The first kappa shape index (κ1) is 25.5. The topological polar surface area (TPSA) is 72.9 Å². The zero-order valence-electron chi connectivity index (χ0n) is 19.6. The highest BCUT2D eigenvalue weighted by Gasteiger charge is 2.41. The van der Waals surface area contributed by atoms with E-state index in [1.54, 1.807) is 0 Å². The van der Waals surface area contributed by atoms with E-state index in [1.807, 2.05) is 6.07 Å². The van der Waals surface area contributed by atoms with Gasteiger partial charge in [0.05, 0.1) is 10.5 Å². The van der Waals surface area contributed by atoms with Gasteiger partial charge in [-0.15, -0.1) is 0 Å². The van der Waals surface area contributed by atoms with Gasteiger partial charge in [0.25, 0.3) is 5.91 Å². The summed E-state index contributed by atoms with van der Waals surface area (Å²) in [5.41, 5.74) is 2.91. The van der Waals surface area contributed by atoms with Gasteiger partial charge in [0.15, 0.2) is 15.9 Å². The number of halogens is 3. The van der Waals surface area contributed by atoms with Crippen LogP contribution in [0.15, 0.2) is 41.3 Å². The van der Waals surface area contributed by atoms with Crippen LogP contribution in [0.25, 0.3) is 0 Å². The van der Waals surface area contributed by atoms with Crippen LogP contribution in [0.5, 0.6) is 5.75 Å². The van der Waals surface area contributed by atoms with Crippen molar-refractivity contribution in [2.75, 3.05) is 19.5 Å². The number of ether oxygens (including phenoxy) is 2. The van der Waals surface area contributed by atoms with Crippen LogP contribution in [0.3, 0.4) is 0 Å². The predicted molar refractivity (Wildman–Crippen MR) is 123 cm³/mol. The Balaban J connectivity index is 1.62. The van der Waals surface area contributed by atoms with Gasteiger partial charge in [-0.1, -0.05) is 25.1 Å². The van der Waals surface area contributed by atoms with Crippen LogP contribution in [0.2, 0.25) is 0 Å². The van der Waals surface area contributed by atoms with Crippen molar-refractivity contribution in [3.8, 4) is 5.75 Å². The number of nitrogens with zero attached hydrogens (tertiary/aromatic N) is 1. The molecule has 2 aliphatic rings. The van der Waals surface area contributed by atoms with Crippen molar-refractivity contribution in [2.45, 2.75) is 62.4 Å². The molecule has 0 N–H and O–H groups in total. The van der Waals surface area contributed by atoms with Crippen LogP contribution in [0.1, 0.15) is 59.2 Å². The molecule has 0 spiro atoms. The lowest BCUT2D eigenvalue weighted by molar-refractivity contribution is -0.195. The summed E-state index contributed by atoms with van der Waals surface area (Å²) in [6.45, 7) is 3.31. The number of carbonyl (C=O) groups is 1. The van der Waals surface area contributed by atoms with Crippen LogP contribution >= 0.6 is 0 Å². The van der Waals surface area contributed by atoms with Gasteiger partial charge >= 0.3 is 6.18 Å². The van der Waals surface area contributed by atoms with E-state index < -0.39 is 28.0 Å². The summed E-state index contributed by atoms with van der Waals surface area (Å²) in [5.74, 6) is -0.477. The first-order chi connectivity index (χ1) is 16.5. The van der Waals surface area contributed by atoms with Crippen molar-refractivity contribution in [1.82, 2.24) is 4.90 Å². The SMILES string of the molecule is CCC(Oc1ccc(S(C)(=O)=O)cc1C(=O)N1Cc2ccc(C3CCOCC3)cc2C1)C(F)(F)F. The highest BCUT2D eigenvalue weighted by molar-refractivity contribution is 7.90. The van der Waals surface area contributed by atoms with Crippen molar-refractivity contribution in [2.24, 2.45) is 0 Å². The lowest BCUT2D eigenvalue weighted by Gasteiger charge is -2.24. The maximum Gasteiger partial charge on any atom is 0.425 e. The molecule has 1 saturated heterocycles. The first-order valence-electron chi connectivity index (χ1n) is 11.5. The number of amides is 1. The molecule has 35 heavy (non-hydrogen) atoms. The minimum atomic E-state index is -4.63. The van der Waals surface area contributed by atoms with Gasteiger partial charge in [0.1, 0.15) is 5.75 Å². The van der Waals surface area contributed by atoms with Crippen molar-refractivity contribution in [1.29, 1.82) is 0 Å². The number of rotatable bonds is 6. The van der Waals surface area contributed by atoms with E-state index >= 15 is 0 Å². The molecule has 2 aromatic rings. The highest BCUT2D eigenvalue weighted by atomic mass is 32.2. The van der Waals surface area contributed by atoms with E-state index in [0.717, 1.165) is 48.4 Å². The third-order valence-corrected chi connectivity index (χ3v) is 7.66. The number of alkyl halides is 3. The molecular weight excluding hydrogens is 483 g/mol. The molecule has 0 bridgehead atoms. The van der Waals surface area contributed by atoms with Crippen molar-refractivity contribution >= 4 is 15.7 Å². The first-order valence-corrected chi connectivity index (χ1v) is 13.4. The molecule has 1 amide bonds. The molecule has 2 aliphatic heterocycles. The van der Waals surface area contributed by atoms with Gasteiger partial charge in [-0.25, -0.2) is 8.42 Å². The second-order valence-corrected chi connectivity index (χ2v) is 11.1. The Bertz CT molecular complexity index is 1210. The second-order valence-electron chi connectivity index (χ2n) is 9.06. The van der Waals surface area contributed by atoms with Crippen molar-refractivity contribution in [3.05, 3.63) is 58.7 Å². The largest absolute Gasteiger partial charge is 0.480 e. The standard InChI is InChI=1S/C25H28F3NO5S/c1-3-23(25(26,27)28)34-22-7-6-20(35(2,31)32)13-21(22)24(30)29-14-18-5-4-17(12-19(18)15-29)16-8-10-33-11-9-16/h4-7,12-13,16,23H,3,8-11,14-15H2,1-2H3. The highest BCUT2D eigenvalue weighted by Crippen LogP contribution is 2.35. The molecular formula is C25H28F3NO5S. The molecule has 0 aliphatic carbocycles. The summed E-state index contributed by atoms with van der Waals surface area (Å²) < 4.78 is 74.9. The number of sulfone groups is 1. The molecule has 0 radical (unpaired) electrons. The summed E-state index contributed by atoms with van der Waals surface area (Å²) in [7, 11) is -3.69. The Kier molecular flexibility index (Phi) is 7.15. The van der Waals surface area contributed by atoms with E-state index in [2.05, 4.69) is 12.1 Å². The lowest BCUT2D eigenvalue weighted by atomic mass is 9.90. The van der Waals surface area contributed by atoms with E-state index in [4.69, 9.17) is 9.47 Å².